The summed E-state index contributed by atoms with van der Waals surface area (Å²) in [4.78, 5) is 11.9. The Hall–Kier alpha value is -0.640. The van der Waals surface area contributed by atoms with E-state index in [0.717, 1.165) is 0 Å². The van der Waals surface area contributed by atoms with Gasteiger partial charge in [0.2, 0.25) is 0 Å². The van der Waals surface area contributed by atoms with Crippen LogP contribution in [0.4, 0.5) is 4.53 Å². The molecular weight excluding hydrogens is 91.0 g/mol. The quantitative estimate of drug-likeness (QED) is 0.522. The molecule has 4 heteroatoms. The van der Waals surface area contributed by atoms with Crippen LogP contribution in [0.1, 0.15) is 0 Å². The van der Waals surface area contributed by atoms with E-state index < -0.39 is 12.6 Å². The van der Waals surface area contributed by atoms with Crippen molar-refractivity contribution in [2.75, 3.05) is 6.61 Å². The molecule has 6 heavy (non-hydrogen) atoms. The van der Waals surface area contributed by atoms with Crippen molar-refractivity contribution in [2.24, 2.45) is 0 Å². The van der Waals surface area contributed by atoms with Crippen LogP contribution in [0.5, 0.6) is 0 Å². The SMILES string of the molecule is O=C(O)COF. The van der Waals surface area contributed by atoms with Crippen LogP contribution in [-0.2, 0) is 9.74 Å². The highest BCUT2D eigenvalue weighted by atomic mass is 19.3. The second-order valence-electron chi connectivity index (χ2n) is 0.647. The third kappa shape index (κ3) is 3.36. The highest BCUT2D eigenvalue weighted by molar-refractivity contribution is 5.67. The summed E-state index contributed by atoms with van der Waals surface area (Å²) in [7, 11) is 0. The molecule has 36 valence electrons. The first kappa shape index (κ1) is 5.36. The number of carbonyl (C=O) groups is 1. The van der Waals surface area contributed by atoms with Crippen molar-refractivity contribution in [1.29, 1.82) is 0 Å². The van der Waals surface area contributed by atoms with Gasteiger partial charge in [-0.2, -0.15) is 4.94 Å². The van der Waals surface area contributed by atoms with E-state index in [1.54, 1.807) is 0 Å². The highest BCUT2D eigenvalue weighted by Gasteiger charge is 1.91. The third-order valence-electron chi connectivity index (χ3n) is 0.178. The van der Waals surface area contributed by atoms with E-state index in [9.17, 15) is 9.32 Å². The van der Waals surface area contributed by atoms with E-state index in [2.05, 4.69) is 4.94 Å². The first-order valence-electron chi connectivity index (χ1n) is 1.22. The van der Waals surface area contributed by atoms with Gasteiger partial charge < -0.3 is 5.11 Å². The van der Waals surface area contributed by atoms with Crippen LogP contribution >= 0.6 is 0 Å². The van der Waals surface area contributed by atoms with Crippen LogP contribution in [0, 0.1) is 0 Å². The molecule has 0 aliphatic rings. The summed E-state index contributed by atoms with van der Waals surface area (Å²) in [6.45, 7) is -0.875. The summed E-state index contributed by atoms with van der Waals surface area (Å²) < 4.78 is 10.4. The fourth-order valence-electron chi connectivity index (χ4n) is 0.0467. The topological polar surface area (TPSA) is 46.5 Å². The Morgan fingerprint density at radius 1 is 2.00 bits per heavy atom. The normalized spacial score (nSPS) is 8.17. The molecule has 0 aromatic rings. The molecule has 0 aliphatic carbocycles. The molecule has 0 heterocycles. The smallest absolute Gasteiger partial charge is 0.333 e. The standard InChI is InChI=1S/C2H3FO3/c3-6-1-2(4)5/h1H2,(H,4,5). The van der Waals surface area contributed by atoms with Gasteiger partial charge in [-0.15, -0.1) is 0 Å². The van der Waals surface area contributed by atoms with Gasteiger partial charge >= 0.3 is 5.97 Å². The molecule has 0 aliphatic heterocycles. The van der Waals surface area contributed by atoms with Crippen LogP contribution in [0.15, 0.2) is 0 Å². The number of carboxylic acid groups (broad SMARTS) is 1. The van der Waals surface area contributed by atoms with E-state index in [1.807, 2.05) is 0 Å². The Balaban J connectivity index is 2.83. The molecule has 0 spiro atoms. The minimum atomic E-state index is -1.31. The minimum Gasteiger partial charge on any atom is -0.479 e. The van der Waals surface area contributed by atoms with Gasteiger partial charge in [0.05, 0.1) is 0 Å². The zero-order chi connectivity index (χ0) is 4.99. The number of carboxylic acids is 1. The summed E-state index contributed by atoms with van der Waals surface area (Å²) in [5.74, 6) is -1.31. The summed E-state index contributed by atoms with van der Waals surface area (Å²) in [5.41, 5.74) is 0. The molecule has 0 bridgehead atoms. The van der Waals surface area contributed by atoms with Gasteiger partial charge in [0, 0.05) is 0 Å². The molecule has 0 amide bonds. The van der Waals surface area contributed by atoms with Crippen molar-refractivity contribution < 1.29 is 19.4 Å². The van der Waals surface area contributed by atoms with E-state index in [1.165, 1.54) is 0 Å². The molecule has 0 saturated heterocycles. The van der Waals surface area contributed by atoms with E-state index in [-0.39, 0.29) is 0 Å². The molecular formula is C2H3FO3. The molecule has 0 unspecified atom stereocenters. The van der Waals surface area contributed by atoms with E-state index in [0.29, 0.717) is 0 Å². The van der Waals surface area contributed by atoms with Gasteiger partial charge in [-0.1, -0.05) is 0 Å². The second kappa shape index (κ2) is 2.59. The van der Waals surface area contributed by atoms with Crippen LogP contribution in [-0.4, -0.2) is 17.7 Å². The Morgan fingerprint density at radius 2 is 2.50 bits per heavy atom. The largest absolute Gasteiger partial charge is 0.479 e. The lowest BCUT2D eigenvalue weighted by Crippen LogP contribution is -2.00. The average molecular weight is 94.0 g/mol. The van der Waals surface area contributed by atoms with Gasteiger partial charge in [0.15, 0.2) is 6.61 Å². The number of aliphatic carboxylic acids is 1. The maximum atomic E-state index is 10.4. The monoisotopic (exact) mass is 94.0 g/mol. The maximum Gasteiger partial charge on any atom is 0.333 e. The van der Waals surface area contributed by atoms with Crippen LogP contribution in [0.25, 0.3) is 0 Å². The van der Waals surface area contributed by atoms with Gasteiger partial charge in [0.25, 0.3) is 0 Å². The lowest BCUT2D eigenvalue weighted by molar-refractivity contribution is -0.170. The Bertz CT molecular complexity index is 52.8. The van der Waals surface area contributed by atoms with Crippen LogP contribution in [0.3, 0.4) is 0 Å². The Kier molecular flexibility index (Phi) is 2.31. The second-order valence-corrected chi connectivity index (χ2v) is 0.647. The first-order chi connectivity index (χ1) is 2.77. The summed E-state index contributed by atoms with van der Waals surface area (Å²) in [6.07, 6.45) is 0. The zero-order valence-electron chi connectivity index (χ0n) is 2.85. The first-order valence-corrected chi connectivity index (χ1v) is 1.22. The van der Waals surface area contributed by atoms with Crippen LogP contribution in [0.2, 0.25) is 0 Å². The molecule has 0 radical (unpaired) electrons. The summed E-state index contributed by atoms with van der Waals surface area (Å²) in [6, 6.07) is 0. The van der Waals surface area contributed by atoms with Crippen molar-refractivity contribution >= 4 is 5.97 Å². The predicted octanol–water partition coefficient (Wildman–Crippen LogP) is -0.0279. The van der Waals surface area contributed by atoms with Crippen molar-refractivity contribution in [3.05, 3.63) is 0 Å². The third-order valence-corrected chi connectivity index (χ3v) is 0.178. The number of halogens is 1. The predicted molar refractivity (Wildman–Crippen MR) is 14.7 cm³/mol. The average Bonchev–Trinajstić information content (AvgIpc) is 1.35. The van der Waals surface area contributed by atoms with Crippen molar-refractivity contribution in [2.45, 2.75) is 0 Å². The zero-order valence-corrected chi connectivity index (χ0v) is 2.85. The van der Waals surface area contributed by atoms with Crippen molar-refractivity contribution in [1.82, 2.24) is 0 Å². The van der Waals surface area contributed by atoms with Crippen molar-refractivity contribution in [3.63, 3.8) is 0 Å². The van der Waals surface area contributed by atoms with Gasteiger partial charge in [-0.05, 0) is 4.53 Å². The number of rotatable bonds is 2. The lowest BCUT2D eigenvalue weighted by Gasteiger charge is -1.78. The molecule has 0 fully saturated rings. The number of hydrogen-bond acceptors (Lipinski definition) is 2. The van der Waals surface area contributed by atoms with Gasteiger partial charge in [0.1, 0.15) is 0 Å². The summed E-state index contributed by atoms with van der Waals surface area (Å²) >= 11 is 0. The van der Waals surface area contributed by atoms with E-state index >= 15 is 0 Å². The fourth-order valence-corrected chi connectivity index (χ4v) is 0.0467. The van der Waals surface area contributed by atoms with E-state index in [4.69, 9.17) is 5.11 Å². The molecule has 3 nitrogen and oxygen atoms in total. The molecule has 0 saturated carbocycles. The molecule has 1 N–H and O–H groups in total. The molecule has 0 aromatic carbocycles. The summed E-state index contributed by atoms with van der Waals surface area (Å²) in [5, 5.41) is 7.55. The molecule has 0 aromatic heterocycles. The Morgan fingerprint density at radius 3 is 2.50 bits per heavy atom. The minimum absolute atomic E-state index is 0.875. The maximum absolute atomic E-state index is 10.4. The highest BCUT2D eigenvalue weighted by Crippen LogP contribution is 1.69. The number of hydrogen-bond donors (Lipinski definition) is 1. The van der Waals surface area contributed by atoms with Gasteiger partial charge in [-0.25, -0.2) is 4.79 Å². The van der Waals surface area contributed by atoms with Crippen LogP contribution < -0.4 is 0 Å². The van der Waals surface area contributed by atoms with Crippen molar-refractivity contribution in [3.8, 4) is 0 Å². The molecule has 0 rings (SSSR count). The Labute approximate surface area is 33.2 Å². The molecule has 0 atom stereocenters. The fraction of sp³-hybridized carbons (Fsp3) is 0.500. The lowest BCUT2D eigenvalue weighted by atomic mass is 10.8. The van der Waals surface area contributed by atoms with Gasteiger partial charge in [-0.3, -0.25) is 0 Å².